The third-order valence-electron chi connectivity index (χ3n) is 3.71. The van der Waals surface area contributed by atoms with E-state index in [2.05, 4.69) is 82.8 Å². The van der Waals surface area contributed by atoms with Gasteiger partial charge in [0, 0.05) is 10.5 Å². The molecule has 0 heterocycles. The van der Waals surface area contributed by atoms with Crippen LogP contribution in [0.25, 0.3) is 0 Å². The van der Waals surface area contributed by atoms with E-state index >= 15 is 0 Å². The minimum Gasteiger partial charge on any atom is -0.310 e. The summed E-state index contributed by atoms with van der Waals surface area (Å²) in [4.78, 5) is 0. The van der Waals surface area contributed by atoms with Gasteiger partial charge in [-0.15, -0.1) is 0 Å². The molecule has 0 aliphatic rings. The maximum atomic E-state index is 3.68. The van der Waals surface area contributed by atoms with Gasteiger partial charge < -0.3 is 5.32 Å². The number of aryl methyl sites for hydroxylation is 1. The van der Waals surface area contributed by atoms with Crippen LogP contribution in [-0.4, -0.2) is 6.54 Å². The lowest BCUT2D eigenvalue weighted by molar-refractivity contribution is 0.484. The molecule has 0 aromatic heterocycles. The van der Waals surface area contributed by atoms with Crippen LogP contribution < -0.4 is 5.32 Å². The highest BCUT2D eigenvalue weighted by Crippen LogP contribution is 2.22. The van der Waals surface area contributed by atoms with Crippen molar-refractivity contribution in [1.82, 2.24) is 5.32 Å². The van der Waals surface area contributed by atoms with E-state index in [9.17, 15) is 0 Å². The summed E-state index contributed by atoms with van der Waals surface area (Å²) >= 11 is 3.51. The second-order valence-electron chi connectivity index (χ2n) is 5.44. The van der Waals surface area contributed by atoms with Gasteiger partial charge in [-0.25, -0.2) is 0 Å². The lowest BCUT2D eigenvalue weighted by Gasteiger charge is -2.19. The van der Waals surface area contributed by atoms with Crippen molar-refractivity contribution < 1.29 is 0 Å². The molecule has 0 saturated heterocycles. The molecule has 21 heavy (non-hydrogen) atoms. The molecule has 0 aliphatic heterocycles. The van der Waals surface area contributed by atoms with E-state index in [-0.39, 0.29) is 0 Å². The molecule has 2 rings (SSSR count). The molecule has 2 aromatic rings. The molecule has 0 saturated carbocycles. The van der Waals surface area contributed by atoms with Gasteiger partial charge in [0.15, 0.2) is 0 Å². The Bertz CT molecular complexity index is 507. The van der Waals surface area contributed by atoms with Gasteiger partial charge in [-0.3, -0.25) is 0 Å². The lowest BCUT2D eigenvalue weighted by atomic mass is 9.99. The molecule has 2 heteroatoms. The normalized spacial score (nSPS) is 12.3. The van der Waals surface area contributed by atoms with Gasteiger partial charge in [-0.05, 0) is 55.5 Å². The van der Waals surface area contributed by atoms with E-state index < -0.39 is 0 Å². The van der Waals surface area contributed by atoms with E-state index in [0.29, 0.717) is 6.04 Å². The number of nitrogens with one attached hydrogen (secondary N) is 1. The predicted octanol–water partition coefficient (Wildman–Crippen LogP) is 5.51. The molecule has 0 bridgehead atoms. The highest BCUT2D eigenvalue weighted by molar-refractivity contribution is 9.10. The summed E-state index contributed by atoms with van der Waals surface area (Å²) in [6, 6.07) is 19.9. The quantitative estimate of drug-likeness (QED) is 0.664. The van der Waals surface area contributed by atoms with Crippen molar-refractivity contribution in [2.24, 2.45) is 0 Å². The predicted molar refractivity (Wildman–Crippen MR) is 94.6 cm³/mol. The first-order chi connectivity index (χ1) is 10.3. The summed E-state index contributed by atoms with van der Waals surface area (Å²) in [5.74, 6) is 0. The Morgan fingerprint density at radius 3 is 2.38 bits per heavy atom. The Morgan fingerprint density at radius 2 is 1.71 bits per heavy atom. The zero-order valence-corrected chi connectivity index (χ0v) is 14.3. The van der Waals surface area contributed by atoms with E-state index in [1.165, 1.54) is 30.4 Å². The van der Waals surface area contributed by atoms with Crippen molar-refractivity contribution in [3.05, 3.63) is 70.2 Å². The second kappa shape index (κ2) is 9.01. The molecular weight excluding hydrogens is 322 g/mol. The minimum atomic E-state index is 0.460. The van der Waals surface area contributed by atoms with E-state index in [1.807, 2.05) is 0 Å². The van der Waals surface area contributed by atoms with Gasteiger partial charge >= 0.3 is 0 Å². The fraction of sp³-hybridized carbons (Fsp3) is 0.368. The molecule has 0 radical (unpaired) electrons. The monoisotopic (exact) mass is 345 g/mol. The lowest BCUT2D eigenvalue weighted by Crippen LogP contribution is -2.22. The molecule has 0 aliphatic carbocycles. The van der Waals surface area contributed by atoms with Crippen LogP contribution in [0.15, 0.2) is 59.1 Å². The van der Waals surface area contributed by atoms with Gasteiger partial charge in [0.1, 0.15) is 0 Å². The van der Waals surface area contributed by atoms with E-state index in [4.69, 9.17) is 0 Å². The number of hydrogen-bond donors (Lipinski definition) is 1. The number of benzene rings is 2. The van der Waals surface area contributed by atoms with Crippen LogP contribution in [0.3, 0.4) is 0 Å². The first kappa shape index (κ1) is 16.3. The third-order valence-corrected chi connectivity index (χ3v) is 4.24. The number of halogens is 1. The summed E-state index contributed by atoms with van der Waals surface area (Å²) in [5, 5.41) is 3.68. The minimum absolute atomic E-state index is 0.460. The summed E-state index contributed by atoms with van der Waals surface area (Å²) in [7, 11) is 0. The first-order valence-electron chi connectivity index (χ1n) is 7.82. The van der Waals surface area contributed by atoms with Crippen molar-refractivity contribution in [3.63, 3.8) is 0 Å². The topological polar surface area (TPSA) is 12.0 Å². The molecule has 0 amide bonds. The molecular formula is C19H24BrN. The molecule has 1 atom stereocenters. The molecule has 1 nitrogen and oxygen atoms in total. The van der Waals surface area contributed by atoms with Gasteiger partial charge in [0.2, 0.25) is 0 Å². The smallest absolute Gasteiger partial charge is 0.0320 e. The Morgan fingerprint density at radius 1 is 1.00 bits per heavy atom. The van der Waals surface area contributed by atoms with Gasteiger partial charge in [0.25, 0.3) is 0 Å². The van der Waals surface area contributed by atoms with E-state index in [0.717, 1.165) is 17.4 Å². The first-order valence-corrected chi connectivity index (χ1v) is 8.61. The molecule has 112 valence electrons. The zero-order valence-electron chi connectivity index (χ0n) is 12.7. The van der Waals surface area contributed by atoms with Crippen LogP contribution in [0.5, 0.6) is 0 Å². The van der Waals surface area contributed by atoms with Gasteiger partial charge in [-0.1, -0.05) is 65.3 Å². The highest BCUT2D eigenvalue weighted by Gasteiger charge is 2.10. The molecule has 0 fully saturated rings. The van der Waals surface area contributed by atoms with Crippen molar-refractivity contribution in [1.29, 1.82) is 0 Å². The summed E-state index contributed by atoms with van der Waals surface area (Å²) < 4.78 is 1.14. The van der Waals surface area contributed by atoms with Gasteiger partial charge in [0.05, 0.1) is 0 Å². The molecule has 2 aromatic carbocycles. The van der Waals surface area contributed by atoms with Crippen LogP contribution in [0.1, 0.15) is 43.4 Å². The Labute approximate surface area is 136 Å². The fourth-order valence-corrected chi connectivity index (χ4v) is 2.82. The maximum Gasteiger partial charge on any atom is 0.0320 e. The molecule has 1 N–H and O–H groups in total. The van der Waals surface area contributed by atoms with Crippen LogP contribution in [0, 0.1) is 0 Å². The Hall–Kier alpha value is -1.12. The van der Waals surface area contributed by atoms with Crippen LogP contribution in [-0.2, 0) is 6.42 Å². The zero-order chi connectivity index (χ0) is 14.9. The second-order valence-corrected chi connectivity index (χ2v) is 6.35. The molecule has 1 unspecified atom stereocenters. The standard InChI is InChI=1S/C19H24BrN/c1-2-15-21-19(17-11-13-18(20)14-12-17)10-6-9-16-7-4-3-5-8-16/h3-5,7-8,11-14,19,21H,2,6,9-10,15H2,1H3. The van der Waals surface area contributed by atoms with Gasteiger partial charge in [-0.2, -0.15) is 0 Å². The van der Waals surface area contributed by atoms with Crippen molar-refractivity contribution in [3.8, 4) is 0 Å². The number of rotatable bonds is 8. The van der Waals surface area contributed by atoms with Crippen molar-refractivity contribution >= 4 is 15.9 Å². The van der Waals surface area contributed by atoms with Crippen LogP contribution >= 0.6 is 15.9 Å². The Balaban J connectivity index is 1.91. The van der Waals surface area contributed by atoms with Crippen LogP contribution in [0.2, 0.25) is 0 Å². The maximum absolute atomic E-state index is 3.68. The fourth-order valence-electron chi connectivity index (χ4n) is 2.56. The summed E-state index contributed by atoms with van der Waals surface area (Å²) in [6.45, 7) is 3.29. The average Bonchev–Trinajstić information content (AvgIpc) is 2.53. The Kier molecular flexibility index (Phi) is 6.98. The van der Waals surface area contributed by atoms with E-state index in [1.54, 1.807) is 0 Å². The van der Waals surface area contributed by atoms with Crippen molar-refractivity contribution in [2.75, 3.05) is 6.54 Å². The summed E-state index contributed by atoms with van der Waals surface area (Å²) in [5.41, 5.74) is 2.82. The van der Waals surface area contributed by atoms with Crippen LogP contribution in [0.4, 0.5) is 0 Å². The largest absolute Gasteiger partial charge is 0.310 e. The number of hydrogen-bond acceptors (Lipinski definition) is 1. The average molecular weight is 346 g/mol. The highest BCUT2D eigenvalue weighted by atomic mass is 79.9. The summed E-state index contributed by atoms with van der Waals surface area (Å²) in [6.07, 6.45) is 4.71. The molecule has 0 spiro atoms. The third kappa shape index (κ3) is 5.64. The van der Waals surface area contributed by atoms with Crippen molar-refractivity contribution in [2.45, 2.75) is 38.6 Å². The SMILES string of the molecule is CCCNC(CCCc1ccccc1)c1ccc(Br)cc1.